The second kappa shape index (κ2) is 6.63. The van der Waals surface area contributed by atoms with Crippen LogP contribution in [-0.2, 0) is 4.79 Å². The first-order chi connectivity index (χ1) is 12.1. The number of carbonyl (C=O) groups excluding carboxylic acids is 1. The minimum atomic E-state index is 0.208. The Kier molecular flexibility index (Phi) is 4.33. The predicted molar refractivity (Wildman–Crippen MR) is 96.8 cm³/mol. The Bertz CT molecular complexity index is 756. The first-order valence-electron chi connectivity index (χ1n) is 9.16. The summed E-state index contributed by atoms with van der Waals surface area (Å²) in [6.45, 7) is 9.60. The average Bonchev–Trinajstić information content (AvgIpc) is 3.07. The van der Waals surface area contributed by atoms with E-state index in [0.717, 1.165) is 69.3 Å². The summed E-state index contributed by atoms with van der Waals surface area (Å²) in [7, 11) is 0. The van der Waals surface area contributed by atoms with Gasteiger partial charge in [-0.3, -0.25) is 19.1 Å². The van der Waals surface area contributed by atoms with Crippen LogP contribution >= 0.6 is 0 Å². The summed E-state index contributed by atoms with van der Waals surface area (Å²) in [5, 5.41) is 0. The number of hydrogen-bond acceptors (Lipinski definition) is 5. The lowest BCUT2D eigenvalue weighted by molar-refractivity contribution is -0.130. The summed E-state index contributed by atoms with van der Waals surface area (Å²) < 4.78 is 2.14. The molecule has 0 N–H and O–H groups in total. The number of aryl methyl sites for hydroxylation is 1. The van der Waals surface area contributed by atoms with Gasteiger partial charge in [0.05, 0.1) is 17.4 Å². The number of imidazole rings is 1. The van der Waals surface area contributed by atoms with E-state index in [-0.39, 0.29) is 5.91 Å². The van der Waals surface area contributed by atoms with Crippen LogP contribution in [0.1, 0.15) is 25.5 Å². The van der Waals surface area contributed by atoms with Gasteiger partial charge in [0.15, 0.2) is 0 Å². The van der Waals surface area contributed by atoms with Crippen molar-refractivity contribution in [3.05, 3.63) is 24.3 Å². The van der Waals surface area contributed by atoms with Crippen LogP contribution in [0.5, 0.6) is 0 Å². The fraction of sp³-hybridized carbons (Fsp3) is 0.611. The van der Waals surface area contributed by atoms with Gasteiger partial charge in [0, 0.05) is 64.6 Å². The monoisotopic (exact) mass is 342 g/mol. The fourth-order valence-electron chi connectivity index (χ4n) is 4.11. The number of carbonyl (C=O) groups is 1. The standard InChI is InChI=1S/C18H26N6O/c1-14-17-13-20-18(24(17)8-5-19-14)23-11-9-22(10-12-23)16-3-6-21(7-4-16)15(2)25/h5,8,13,16H,3-4,6-7,9-12H2,1-2H3. The van der Waals surface area contributed by atoms with E-state index in [0.29, 0.717) is 6.04 Å². The number of likely N-dealkylation sites (tertiary alicyclic amines) is 1. The molecule has 2 aliphatic heterocycles. The van der Waals surface area contributed by atoms with Gasteiger partial charge < -0.3 is 9.80 Å². The minimum Gasteiger partial charge on any atom is -0.343 e. The Morgan fingerprint density at radius 1 is 1.08 bits per heavy atom. The van der Waals surface area contributed by atoms with Gasteiger partial charge in [0.1, 0.15) is 0 Å². The number of fused-ring (bicyclic) bond motifs is 1. The van der Waals surface area contributed by atoms with Gasteiger partial charge in [-0.15, -0.1) is 0 Å². The molecule has 0 bridgehead atoms. The Morgan fingerprint density at radius 2 is 1.80 bits per heavy atom. The Balaban J connectivity index is 1.38. The van der Waals surface area contributed by atoms with Crippen molar-refractivity contribution in [2.24, 2.45) is 0 Å². The molecule has 0 spiro atoms. The van der Waals surface area contributed by atoms with Crippen LogP contribution in [-0.4, -0.2) is 75.4 Å². The van der Waals surface area contributed by atoms with Crippen LogP contribution in [0.3, 0.4) is 0 Å². The van der Waals surface area contributed by atoms with Crippen molar-refractivity contribution in [3.63, 3.8) is 0 Å². The Morgan fingerprint density at radius 3 is 2.48 bits per heavy atom. The maximum absolute atomic E-state index is 11.5. The number of rotatable bonds is 2. The number of piperazine rings is 1. The van der Waals surface area contributed by atoms with Gasteiger partial charge in [0.25, 0.3) is 0 Å². The summed E-state index contributed by atoms with van der Waals surface area (Å²) in [5.74, 6) is 1.23. The highest BCUT2D eigenvalue weighted by Crippen LogP contribution is 2.22. The highest BCUT2D eigenvalue weighted by atomic mass is 16.2. The molecule has 134 valence electrons. The van der Waals surface area contributed by atoms with Gasteiger partial charge >= 0.3 is 0 Å². The lowest BCUT2D eigenvalue weighted by Gasteiger charge is -2.42. The zero-order chi connectivity index (χ0) is 17.4. The van der Waals surface area contributed by atoms with Crippen LogP contribution in [0, 0.1) is 6.92 Å². The molecule has 0 aromatic carbocycles. The van der Waals surface area contributed by atoms with Gasteiger partial charge in [-0.05, 0) is 19.8 Å². The first-order valence-corrected chi connectivity index (χ1v) is 9.16. The summed E-state index contributed by atoms with van der Waals surface area (Å²) in [6.07, 6.45) is 7.94. The quantitative estimate of drug-likeness (QED) is 0.820. The molecule has 25 heavy (non-hydrogen) atoms. The van der Waals surface area contributed by atoms with Gasteiger partial charge in [-0.25, -0.2) is 4.98 Å². The normalized spacial score (nSPS) is 20.4. The van der Waals surface area contributed by atoms with E-state index in [1.54, 1.807) is 6.92 Å². The smallest absolute Gasteiger partial charge is 0.219 e. The minimum absolute atomic E-state index is 0.208. The zero-order valence-electron chi connectivity index (χ0n) is 15.1. The summed E-state index contributed by atoms with van der Waals surface area (Å²) in [4.78, 5) is 27.4. The van der Waals surface area contributed by atoms with E-state index >= 15 is 0 Å². The maximum Gasteiger partial charge on any atom is 0.219 e. The Labute approximate surface area is 148 Å². The van der Waals surface area contributed by atoms with E-state index in [2.05, 4.69) is 24.2 Å². The van der Waals surface area contributed by atoms with Crippen LogP contribution in [0.15, 0.2) is 18.6 Å². The zero-order valence-corrected chi connectivity index (χ0v) is 15.1. The molecule has 2 fully saturated rings. The van der Waals surface area contributed by atoms with Crippen molar-refractivity contribution >= 4 is 17.4 Å². The molecule has 0 radical (unpaired) electrons. The fourth-order valence-corrected chi connectivity index (χ4v) is 4.11. The molecule has 2 saturated heterocycles. The third-order valence-electron chi connectivity index (χ3n) is 5.66. The summed E-state index contributed by atoms with van der Waals surface area (Å²) in [5.41, 5.74) is 2.09. The molecular formula is C18H26N6O. The van der Waals surface area contributed by atoms with Crippen molar-refractivity contribution in [2.75, 3.05) is 44.2 Å². The molecule has 4 heterocycles. The highest BCUT2D eigenvalue weighted by Gasteiger charge is 2.29. The Hall–Kier alpha value is -2.15. The molecule has 2 aromatic rings. The predicted octanol–water partition coefficient (Wildman–Crippen LogP) is 1.17. The van der Waals surface area contributed by atoms with Crippen LogP contribution in [0.25, 0.3) is 5.52 Å². The van der Waals surface area contributed by atoms with E-state index in [1.807, 2.05) is 30.4 Å². The molecule has 4 rings (SSSR count). The molecular weight excluding hydrogens is 316 g/mol. The van der Waals surface area contributed by atoms with Crippen LogP contribution in [0.2, 0.25) is 0 Å². The largest absolute Gasteiger partial charge is 0.343 e. The van der Waals surface area contributed by atoms with E-state index < -0.39 is 0 Å². The number of piperidine rings is 1. The van der Waals surface area contributed by atoms with Crippen LogP contribution < -0.4 is 4.90 Å². The number of amides is 1. The van der Waals surface area contributed by atoms with Crippen molar-refractivity contribution in [1.29, 1.82) is 0 Å². The highest BCUT2D eigenvalue weighted by molar-refractivity contribution is 5.73. The van der Waals surface area contributed by atoms with E-state index in [4.69, 9.17) is 0 Å². The van der Waals surface area contributed by atoms with Gasteiger partial charge in [0.2, 0.25) is 11.9 Å². The lowest BCUT2D eigenvalue weighted by atomic mass is 10.0. The molecule has 7 heteroatoms. The second-order valence-electron chi connectivity index (χ2n) is 7.09. The van der Waals surface area contributed by atoms with Crippen molar-refractivity contribution in [2.45, 2.75) is 32.7 Å². The van der Waals surface area contributed by atoms with Gasteiger partial charge in [-0.2, -0.15) is 0 Å². The lowest BCUT2D eigenvalue weighted by Crippen LogP contribution is -2.54. The molecule has 0 saturated carbocycles. The summed E-state index contributed by atoms with van der Waals surface area (Å²) >= 11 is 0. The average molecular weight is 342 g/mol. The second-order valence-corrected chi connectivity index (χ2v) is 7.09. The molecule has 0 unspecified atom stereocenters. The number of nitrogens with zero attached hydrogens (tertiary/aromatic N) is 6. The molecule has 0 atom stereocenters. The third kappa shape index (κ3) is 3.08. The summed E-state index contributed by atoms with van der Waals surface area (Å²) in [6, 6.07) is 0.612. The molecule has 2 aliphatic rings. The SMILES string of the molecule is CC(=O)N1CCC(N2CCN(c3ncc4c(C)nccn34)CC2)CC1. The topological polar surface area (TPSA) is 57.0 Å². The van der Waals surface area contributed by atoms with E-state index in [1.165, 1.54) is 0 Å². The maximum atomic E-state index is 11.5. The van der Waals surface area contributed by atoms with Crippen molar-refractivity contribution in [3.8, 4) is 0 Å². The third-order valence-corrected chi connectivity index (χ3v) is 5.66. The first kappa shape index (κ1) is 16.3. The molecule has 0 aliphatic carbocycles. The number of aromatic nitrogens is 3. The molecule has 1 amide bonds. The number of hydrogen-bond donors (Lipinski definition) is 0. The molecule has 2 aromatic heterocycles. The molecule has 7 nitrogen and oxygen atoms in total. The van der Waals surface area contributed by atoms with Crippen molar-refractivity contribution < 1.29 is 4.79 Å². The van der Waals surface area contributed by atoms with Crippen LogP contribution in [0.4, 0.5) is 5.95 Å². The van der Waals surface area contributed by atoms with E-state index in [9.17, 15) is 4.79 Å². The van der Waals surface area contributed by atoms with Gasteiger partial charge in [-0.1, -0.05) is 0 Å². The van der Waals surface area contributed by atoms with Crippen molar-refractivity contribution in [1.82, 2.24) is 24.2 Å². The number of anilines is 1.